The van der Waals surface area contributed by atoms with Crippen LogP contribution in [0, 0.1) is 18.3 Å². The molecule has 4 aromatic rings. The lowest BCUT2D eigenvalue weighted by Gasteiger charge is -2.26. The molecule has 0 aliphatic carbocycles. The molecule has 1 aliphatic heterocycles. The number of allylic oxidation sites excluding steroid dienone is 1. The van der Waals surface area contributed by atoms with Crippen molar-refractivity contribution in [3.8, 4) is 17.6 Å². The highest BCUT2D eigenvalue weighted by Crippen LogP contribution is 2.43. The third-order valence-electron chi connectivity index (χ3n) is 5.93. The van der Waals surface area contributed by atoms with Gasteiger partial charge in [0.2, 0.25) is 11.6 Å². The van der Waals surface area contributed by atoms with Crippen LogP contribution in [0.15, 0.2) is 85.9 Å². The fourth-order valence-corrected chi connectivity index (χ4v) is 4.95. The van der Waals surface area contributed by atoms with Crippen LogP contribution >= 0.6 is 27.7 Å². The molecule has 0 saturated carbocycles. The Morgan fingerprint density at radius 1 is 1.14 bits per heavy atom. The quantitative estimate of drug-likeness (QED) is 0.173. The van der Waals surface area contributed by atoms with Gasteiger partial charge < -0.3 is 19.6 Å². The smallest absolute Gasteiger partial charge is 0.379 e. The highest BCUT2D eigenvalue weighted by molar-refractivity contribution is 9.10. The van der Waals surface area contributed by atoms with Gasteiger partial charge in [-0.3, -0.25) is 0 Å². The summed E-state index contributed by atoms with van der Waals surface area (Å²) in [6, 6.07) is 20.8. The molecule has 0 bridgehead atoms. The molecule has 0 radical (unpaired) electrons. The van der Waals surface area contributed by atoms with Crippen LogP contribution in [0.1, 0.15) is 33.2 Å². The Kier molecular flexibility index (Phi) is 6.05. The van der Waals surface area contributed by atoms with Gasteiger partial charge >= 0.3 is 5.97 Å². The lowest BCUT2D eigenvalue weighted by molar-refractivity contribution is 0.0702. The number of hydrogen-bond donors (Lipinski definition) is 1. The van der Waals surface area contributed by atoms with Gasteiger partial charge in [0.15, 0.2) is 0 Å². The van der Waals surface area contributed by atoms with Crippen LogP contribution < -0.4 is 15.2 Å². The first-order valence-corrected chi connectivity index (χ1v) is 12.7. The van der Waals surface area contributed by atoms with E-state index in [0.29, 0.717) is 22.5 Å². The van der Waals surface area contributed by atoms with Crippen molar-refractivity contribution in [3.63, 3.8) is 0 Å². The Labute approximate surface area is 214 Å². The second-order valence-electron chi connectivity index (χ2n) is 7.98. The van der Waals surface area contributed by atoms with Crippen molar-refractivity contribution in [2.24, 2.45) is 5.73 Å². The molecule has 0 amide bonds. The number of nitriles is 1. The van der Waals surface area contributed by atoms with Crippen LogP contribution in [-0.4, -0.2) is 12.2 Å². The van der Waals surface area contributed by atoms with Crippen molar-refractivity contribution in [2.75, 3.05) is 6.26 Å². The maximum Gasteiger partial charge on any atom is 0.379 e. The fourth-order valence-electron chi connectivity index (χ4n) is 4.18. The standard InChI is InChI=1S/C27H19BrN2O4S/c1-14-20-11-16(28)5-10-22(20)33-25(14)27(31)32-17-6-9-19-23(12-17)34-26(30)21(13-29)24(19)15-3-7-18(35-2)8-4-15/h3-12,24H,30H2,1-2H3. The van der Waals surface area contributed by atoms with E-state index >= 15 is 0 Å². The van der Waals surface area contributed by atoms with Gasteiger partial charge in [0, 0.05) is 31.9 Å². The maximum absolute atomic E-state index is 12.9. The lowest BCUT2D eigenvalue weighted by atomic mass is 9.83. The van der Waals surface area contributed by atoms with Gasteiger partial charge in [-0.2, -0.15) is 5.26 Å². The van der Waals surface area contributed by atoms with E-state index in [1.54, 1.807) is 36.0 Å². The minimum Gasteiger partial charge on any atom is -0.449 e. The van der Waals surface area contributed by atoms with E-state index in [2.05, 4.69) is 22.0 Å². The number of benzene rings is 3. The zero-order chi connectivity index (χ0) is 24.7. The number of fused-ring (bicyclic) bond motifs is 2. The molecule has 174 valence electrons. The third kappa shape index (κ3) is 4.18. The van der Waals surface area contributed by atoms with E-state index in [9.17, 15) is 10.1 Å². The Bertz CT molecular complexity index is 1550. The summed E-state index contributed by atoms with van der Waals surface area (Å²) in [6.45, 7) is 1.81. The van der Waals surface area contributed by atoms with Crippen LogP contribution in [0.2, 0.25) is 0 Å². The van der Waals surface area contributed by atoms with Gasteiger partial charge in [0.1, 0.15) is 28.7 Å². The van der Waals surface area contributed by atoms with Gasteiger partial charge in [0.25, 0.3) is 0 Å². The Morgan fingerprint density at radius 2 is 1.91 bits per heavy atom. The molecule has 6 nitrogen and oxygen atoms in total. The van der Waals surface area contributed by atoms with E-state index in [4.69, 9.17) is 19.6 Å². The van der Waals surface area contributed by atoms with Gasteiger partial charge in [-0.25, -0.2) is 4.79 Å². The topological polar surface area (TPSA) is 98.5 Å². The number of halogens is 1. The van der Waals surface area contributed by atoms with E-state index < -0.39 is 5.97 Å². The molecule has 5 rings (SSSR count). The maximum atomic E-state index is 12.9. The molecule has 0 fully saturated rings. The molecule has 1 atom stereocenters. The molecule has 1 unspecified atom stereocenters. The van der Waals surface area contributed by atoms with Crippen molar-refractivity contribution < 1.29 is 18.7 Å². The Balaban J connectivity index is 1.48. The number of ether oxygens (including phenoxy) is 2. The minimum absolute atomic E-state index is 0.0288. The van der Waals surface area contributed by atoms with E-state index in [-0.39, 0.29) is 23.3 Å². The number of nitrogens with two attached hydrogens (primary N) is 1. The van der Waals surface area contributed by atoms with Gasteiger partial charge in [-0.05, 0) is 55.1 Å². The number of nitrogens with zero attached hydrogens (tertiary/aromatic N) is 1. The summed E-state index contributed by atoms with van der Waals surface area (Å²) >= 11 is 5.08. The van der Waals surface area contributed by atoms with Crippen molar-refractivity contribution >= 4 is 44.6 Å². The summed E-state index contributed by atoms with van der Waals surface area (Å²) in [5.41, 5.74) is 9.42. The van der Waals surface area contributed by atoms with Gasteiger partial charge in [-0.1, -0.05) is 34.1 Å². The molecule has 3 aromatic carbocycles. The predicted molar refractivity (Wildman–Crippen MR) is 138 cm³/mol. The molecule has 2 N–H and O–H groups in total. The number of carbonyl (C=O) groups excluding carboxylic acids is 1. The van der Waals surface area contributed by atoms with Crippen molar-refractivity contribution in [1.82, 2.24) is 0 Å². The third-order valence-corrected chi connectivity index (χ3v) is 7.17. The molecule has 2 heterocycles. The number of carbonyl (C=O) groups is 1. The van der Waals surface area contributed by atoms with E-state index in [1.807, 2.05) is 49.6 Å². The largest absolute Gasteiger partial charge is 0.449 e. The number of rotatable bonds is 4. The molecule has 0 spiro atoms. The summed E-state index contributed by atoms with van der Waals surface area (Å²) in [4.78, 5) is 14.0. The number of esters is 1. The number of aryl methyl sites for hydroxylation is 1. The second kappa shape index (κ2) is 9.17. The van der Waals surface area contributed by atoms with Gasteiger partial charge in [-0.15, -0.1) is 11.8 Å². The van der Waals surface area contributed by atoms with Gasteiger partial charge in [0.05, 0.1) is 5.92 Å². The van der Waals surface area contributed by atoms with Crippen molar-refractivity contribution in [2.45, 2.75) is 17.7 Å². The first kappa shape index (κ1) is 23.1. The zero-order valence-electron chi connectivity index (χ0n) is 18.8. The summed E-state index contributed by atoms with van der Waals surface area (Å²) in [5, 5.41) is 10.6. The average molecular weight is 547 g/mol. The summed E-state index contributed by atoms with van der Waals surface area (Å²) < 4.78 is 18.0. The second-order valence-corrected chi connectivity index (χ2v) is 9.78. The molecular weight excluding hydrogens is 528 g/mol. The molecule has 1 aromatic heterocycles. The summed E-state index contributed by atoms with van der Waals surface area (Å²) in [5.74, 6) is -0.136. The van der Waals surface area contributed by atoms with Crippen LogP contribution in [0.4, 0.5) is 0 Å². The Morgan fingerprint density at radius 3 is 2.63 bits per heavy atom. The van der Waals surface area contributed by atoms with E-state index in [0.717, 1.165) is 25.9 Å². The molecule has 8 heteroatoms. The summed E-state index contributed by atoms with van der Waals surface area (Å²) in [6.07, 6.45) is 2.01. The summed E-state index contributed by atoms with van der Waals surface area (Å²) in [7, 11) is 0. The highest BCUT2D eigenvalue weighted by Gasteiger charge is 2.31. The first-order valence-electron chi connectivity index (χ1n) is 10.7. The normalized spacial score (nSPS) is 14.9. The average Bonchev–Trinajstić information content (AvgIpc) is 3.19. The van der Waals surface area contributed by atoms with Crippen molar-refractivity contribution in [1.29, 1.82) is 5.26 Å². The van der Waals surface area contributed by atoms with Crippen LogP contribution in [0.5, 0.6) is 11.5 Å². The van der Waals surface area contributed by atoms with Crippen LogP contribution in [0.25, 0.3) is 11.0 Å². The monoisotopic (exact) mass is 546 g/mol. The van der Waals surface area contributed by atoms with E-state index in [1.165, 1.54) is 0 Å². The SMILES string of the molecule is CSc1ccc(C2C(C#N)=C(N)Oc3cc(OC(=O)c4oc5ccc(Br)cc5c4C)ccc32)cc1. The fraction of sp³-hybridized carbons (Fsp3) is 0.111. The Hall–Kier alpha value is -3.67. The predicted octanol–water partition coefficient (Wildman–Crippen LogP) is 6.66. The van der Waals surface area contributed by atoms with Crippen molar-refractivity contribution in [3.05, 3.63) is 99.0 Å². The molecule has 0 saturated heterocycles. The number of hydrogen-bond acceptors (Lipinski definition) is 7. The molecule has 1 aliphatic rings. The number of thioether (sulfide) groups is 1. The molecular formula is C27H19BrN2O4S. The number of furan rings is 1. The van der Waals surface area contributed by atoms with Crippen LogP contribution in [-0.2, 0) is 0 Å². The first-order chi connectivity index (χ1) is 16.9. The molecule has 35 heavy (non-hydrogen) atoms. The minimum atomic E-state index is -0.615. The highest BCUT2D eigenvalue weighted by atomic mass is 79.9. The van der Waals surface area contributed by atoms with Crippen LogP contribution in [0.3, 0.4) is 0 Å². The zero-order valence-corrected chi connectivity index (χ0v) is 21.2. The lowest BCUT2D eigenvalue weighted by Crippen LogP contribution is -2.21.